The van der Waals surface area contributed by atoms with Crippen LogP contribution in [0.15, 0.2) is 56.7 Å². The van der Waals surface area contributed by atoms with Crippen LogP contribution in [0.1, 0.15) is 56.8 Å². The Bertz CT molecular complexity index is 1930. The second kappa shape index (κ2) is 11.7. The fourth-order valence-electron chi connectivity index (χ4n) is 7.23. The van der Waals surface area contributed by atoms with E-state index < -0.39 is 71.4 Å². The van der Waals surface area contributed by atoms with Crippen LogP contribution in [0.4, 0.5) is 13.2 Å². The molecule has 1 aromatic carbocycles. The molecule has 3 aromatic heterocycles. The first kappa shape index (κ1) is 33.0. The van der Waals surface area contributed by atoms with Gasteiger partial charge in [0.2, 0.25) is 0 Å². The molecule has 4 aromatic rings. The normalized spacial score (nSPS) is 23.7. The van der Waals surface area contributed by atoms with Gasteiger partial charge in [0.15, 0.2) is 5.60 Å². The van der Waals surface area contributed by atoms with Crippen LogP contribution in [-0.4, -0.2) is 50.3 Å². The predicted octanol–water partition coefficient (Wildman–Crippen LogP) is 5.86. The third-order valence-corrected chi connectivity index (χ3v) is 11.1. The van der Waals surface area contributed by atoms with Gasteiger partial charge in [-0.25, -0.2) is 14.2 Å². The lowest BCUT2D eigenvalue weighted by Gasteiger charge is -2.29. The van der Waals surface area contributed by atoms with Gasteiger partial charge in [-0.3, -0.25) is 9.36 Å². The Kier molecular flexibility index (Phi) is 8.20. The summed E-state index contributed by atoms with van der Waals surface area (Å²) >= 11 is 1.16. The molecule has 14 heteroatoms. The number of alkyl halides is 3. The second-order valence-corrected chi connectivity index (χ2v) is 14.0. The number of aliphatic hydroxyl groups is 1. The molecule has 47 heavy (non-hydrogen) atoms. The zero-order valence-electron chi connectivity index (χ0n) is 26.2. The summed E-state index contributed by atoms with van der Waals surface area (Å²) < 4.78 is 60.7. The van der Waals surface area contributed by atoms with Crippen LogP contribution in [0.2, 0.25) is 0 Å². The number of carboxylic acids is 1. The first-order valence-electron chi connectivity index (χ1n) is 15.2. The molecule has 5 atom stereocenters. The zero-order chi connectivity index (χ0) is 34.1. The number of aromatic nitrogens is 2. The number of methoxy groups -OCH3 is 1. The molecule has 0 radical (unpaired) electrons. The van der Waals surface area contributed by atoms with E-state index in [2.05, 4.69) is 0 Å². The molecule has 0 spiro atoms. The number of furan rings is 1. The third-order valence-electron chi connectivity index (χ3n) is 9.76. The summed E-state index contributed by atoms with van der Waals surface area (Å²) in [6, 6.07) is 10.4. The lowest BCUT2D eigenvalue weighted by Crippen LogP contribution is -2.52. The van der Waals surface area contributed by atoms with E-state index in [1.54, 1.807) is 43.3 Å². The summed E-state index contributed by atoms with van der Waals surface area (Å²) in [5, 5.41) is 20.6. The molecule has 6 rings (SSSR count). The van der Waals surface area contributed by atoms with Crippen molar-refractivity contribution in [1.82, 2.24) is 9.13 Å². The van der Waals surface area contributed by atoms with Crippen molar-refractivity contribution in [3.8, 4) is 16.4 Å². The molecule has 2 aliphatic carbocycles. The molecule has 0 amide bonds. The third kappa shape index (κ3) is 5.49. The Balaban J connectivity index is 1.47. The summed E-state index contributed by atoms with van der Waals surface area (Å²) in [6.07, 6.45) is -4.85. The molecule has 2 unspecified atom stereocenters. The molecular weight excluding hydrogens is 641 g/mol. The van der Waals surface area contributed by atoms with Crippen molar-refractivity contribution in [3.63, 3.8) is 0 Å². The standard InChI is InChI=1S/C33H35F3N2O8S/c1-17-25-27(39)38(31(2,3)29(40)41)30(42)37(28(25)47-26(17)23-10-7-11-45-23)16-24(21-8-5-6-9-22(21)44-4)46-20-12-18-14-32(43,33(34,35)36)15-19(18)13-20/h5-11,18-20,24,43H,12-16H2,1-4H3,(H,40,41)/t18-,19+,20-,24?,32?. The van der Waals surface area contributed by atoms with E-state index in [-0.39, 0.29) is 24.8 Å². The first-order valence-corrected chi connectivity index (χ1v) is 16.0. The second-order valence-electron chi connectivity index (χ2n) is 13.0. The van der Waals surface area contributed by atoms with E-state index >= 15 is 0 Å². The van der Waals surface area contributed by atoms with Crippen LogP contribution in [0.3, 0.4) is 0 Å². The Hall–Kier alpha value is -3.88. The molecule has 0 aliphatic heterocycles. The Morgan fingerprint density at radius 1 is 1.13 bits per heavy atom. The Labute approximate surface area is 271 Å². The van der Waals surface area contributed by atoms with Gasteiger partial charge >= 0.3 is 17.8 Å². The van der Waals surface area contributed by atoms with E-state index in [4.69, 9.17) is 13.9 Å². The van der Waals surface area contributed by atoms with Crippen molar-refractivity contribution in [3.05, 3.63) is 74.6 Å². The minimum absolute atomic E-state index is 0.163. The van der Waals surface area contributed by atoms with Crippen LogP contribution in [0, 0.1) is 18.8 Å². The van der Waals surface area contributed by atoms with Gasteiger partial charge in [0.25, 0.3) is 5.56 Å². The zero-order valence-corrected chi connectivity index (χ0v) is 27.0. The number of carboxylic acid groups (broad SMARTS) is 1. The number of benzene rings is 1. The SMILES string of the molecule is COc1ccccc1C(Cn1c(=O)n(C(C)(C)C(=O)O)c(=O)c2c(C)c(-c3ccco3)sc21)O[C@@H]1C[C@@H]2CC(O)(C(F)(F)F)C[C@@H]2C1. The van der Waals surface area contributed by atoms with Crippen LogP contribution < -0.4 is 16.0 Å². The topological polar surface area (TPSA) is 133 Å². The maximum Gasteiger partial charge on any atom is 0.417 e. The highest BCUT2D eigenvalue weighted by atomic mass is 32.1. The summed E-state index contributed by atoms with van der Waals surface area (Å²) in [4.78, 5) is 41.5. The maximum atomic E-state index is 14.3. The minimum atomic E-state index is -4.72. The number of carbonyl (C=O) groups is 1. The number of nitrogens with zero attached hydrogens (tertiary/aromatic N) is 2. The van der Waals surface area contributed by atoms with Crippen molar-refractivity contribution >= 4 is 27.5 Å². The molecule has 0 bridgehead atoms. The van der Waals surface area contributed by atoms with E-state index in [1.165, 1.54) is 31.8 Å². The predicted molar refractivity (Wildman–Crippen MR) is 167 cm³/mol. The summed E-state index contributed by atoms with van der Waals surface area (Å²) in [7, 11) is 1.48. The van der Waals surface area contributed by atoms with Crippen LogP contribution in [0.5, 0.6) is 5.75 Å². The average molecular weight is 677 g/mol. The molecule has 0 saturated heterocycles. The lowest BCUT2D eigenvalue weighted by molar-refractivity contribution is -0.260. The number of aliphatic carboxylic acids is 1. The first-order chi connectivity index (χ1) is 22.1. The number of aryl methyl sites for hydroxylation is 1. The van der Waals surface area contributed by atoms with Gasteiger partial charge in [-0.05, 0) is 82.1 Å². The molecule has 252 valence electrons. The van der Waals surface area contributed by atoms with Gasteiger partial charge in [-0.2, -0.15) is 13.2 Å². The molecular formula is C33H35F3N2O8S. The van der Waals surface area contributed by atoms with Gasteiger partial charge in [-0.1, -0.05) is 18.2 Å². The Morgan fingerprint density at radius 3 is 2.36 bits per heavy atom. The van der Waals surface area contributed by atoms with Gasteiger partial charge in [0.05, 0.1) is 36.3 Å². The van der Waals surface area contributed by atoms with Gasteiger partial charge in [-0.15, -0.1) is 11.3 Å². The molecule has 3 heterocycles. The number of thiophene rings is 1. The molecule has 2 N–H and O–H groups in total. The Morgan fingerprint density at radius 2 is 1.79 bits per heavy atom. The highest BCUT2D eigenvalue weighted by Crippen LogP contribution is 2.55. The molecule has 2 fully saturated rings. The molecule has 2 saturated carbocycles. The summed E-state index contributed by atoms with van der Waals surface area (Å²) in [5.41, 5.74) is -5.16. The number of rotatable bonds is 9. The number of ether oxygens (including phenoxy) is 2. The van der Waals surface area contributed by atoms with E-state index in [1.807, 2.05) is 0 Å². The van der Waals surface area contributed by atoms with Gasteiger partial charge < -0.3 is 24.1 Å². The molecule has 10 nitrogen and oxygen atoms in total. The highest BCUT2D eigenvalue weighted by molar-refractivity contribution is 7.22. The van der Waals surface area contributed by atoms with Crippen molar-refractivity contribution in [2.75, 3.05) is 7.11 Å². The van der Waals surface area contributed by atoms with Gasteiger partial charge in [0.1, 0.15) is 28.0 Å². The quantitative estimate of drug-likeness (QED) is 0.225. The van der Waals surface area contributed by atoms with E-state index in [0.717, 1.165) is 15.9 Å². The molecule has 2 aliphatic rings. The number of fused-ring (bicyclic) bond motifs is 2. The smallest absolute Gasteiger partial charge is 0.417 e. The largest absolute Gasteiger partial charge is 0.496 e. The van der Waals surface area contributed by atoms with E-state index in [0.29, 0.717) is 32.3 Å². The number of hydrogen-bond acceptors (Lipinski definition) is 8. The van der Waals surface area contributed by atoms with Gasteiger partial charge in [0, 0.05) is 5.56 Å². The number of hydrogen-bond donors (Lipinski definition) is 2. The highest BCUT2D eigenvalue weighted by Gasteiger charge is 2.62. The summed E-state index contributed by atoms with van der Waals surface area (Å²) in [6.45, 7) is 4.09. The maximum absolute atomic E-state index is 14.3. The van der Waals surface area contributed by atoms with Crippen molar-refractivity contribution in [1.29, 1.82) is 0 Å². The van der Waals surface area contributed by atoms with E-state index in [9.17, 15) is 37.8 Å². The van der Waals surface area contributed by atoms with Crippen molar-refractivity contribution in [2.45, 2.75) is 82.5 Å². The summed E-state index contributed by atoms with van der Waals surface area (Å²) in [5.74, 6) is -1.25. The average Bonchev–Trinajstić information content (AvgIpc) is 3.78. The van der Waals surface area contributed by atoms with Crippen molar-refractivity contribution < 1.29 is 42.1 Å². The fraction of sp³-hybridized carbons (Fsp3) is 0.485. The van der Waals surface area contributed by atoms with Crippen LogP contribution in [0.25, 0.3) is 20.9 Å². The van der Waals surface area contributed by atoms with Crippen molar-refractivity contribution in [2.24, 2.45) is 11.8 Å². The van der Waals surface area contributed by atoms with Crippen LogP contribution in [-0.2, 0) is 21.6 Å². The number of halogens is 3. The minimum Gasteiger partial charge on any atom is -0.496 e. The number of para-hydroxylation sites is 1. The fourth-order valence-corrected chi connectivity index (χ4v) is 8.50. The van der Waals surface area contributed by atoms with Crippen LogP contribution >= 0.6 is 11.3 Å². The monoisotopic (exact) mass is 676 g/mol. The lowest BCUT2D eigenvalue weighted by atomic mass is 9.97.